The zero-order valence-corrected chi connectivity index (χ0v) is 11.7. The maximum Gasteiger partial charge on any atom is 0.110 e. The average Bonchev–Trinajstić information content (AvgIpc) is 2.31. The van der Waals surface area contributed by atoms with Crippen LogP contribution in [0.1, 0.15) is 13.3 Å². The second-order valence-corrected chi connectivity index (χ2v) is 5.52. The lowest BCUT2D eigenvalue weighted by Gasteiger charge is -2.19. The number of nitriles is 1. The smallest absolute Gasteiger partial charge is 0.110 e. The van der Waals surface area contributed by atoms with E-state index in [9.17, 15) is 0 Å². The van der Waals surface area contributed by atoms with Crippen molar-refractivity contribution in [3.63, 3.8) is 0 Å². The monoisotopic (exact) mass is 299 g/mol. The lowest BCUT2D eigenvalue weighted by atomic mass is 10.0. The highest BCUT2D eigenvalue weighted by atomic mass is 79.9. The van der Waals surface area contributed by atoms with Crippen molar-refractivity contribution in [3.05, 3.63) is 22.8 Å². The lowest BCUT2D eigenvalue weighted by Crippen LogP contribution is -2.38. The van der Waals surface area contributed by atoms with E-state index in [1.807, 2.05) is 26.1 Å². The molecule has 0 aliphatic rings. The summed E-state index contributed by atoms with van der Waals surface area (Å²) in [5.74, 6) is 0.862. The summed E-state index contributed by atoms with van der Waals surface area (Å²) in [6.45, 7) is 1.90. The van der Waals surface area contributed by atoms with Crippen LogP contribution in [-0.4, -0.2) is 23.3 Å². The van der Waals surface area contributed by atoms with E-state index in [-0.39, 0.29) is 0 Å². The molecule has 0 bridgehead atoms. The van der Waals surface area contributed by atoms with Gasteiger partial charge in [0.05, 0.1) is 6.07 Å². The quantitative estimate of drug-likeness (QED) is 0.850. The molecule has 0 saturated heterocycles. The molecule has 0 aliphatic carbocycles. The molecule has 1 unspecified atom stereocenters. The van der Waals surface area contributed by atoms with Crippen LogP contribution in [0.25, 0.3) is 0 Å². The Kier molecular flexibility index (Phi) is 5.26. The van der Waals surface area contributed by atoms with Gasteiger partial charge in [0.2, 0.25) is 0 Å². The molecule has 0 aliphatic heterocycles. The summed E-state index contributed by atoms with van der Waals surface area (Å²) in [6.07, 6.45) is 2.56. The summed E-state index contributed by atoms with van der Waals surface area (Å²) in [7, 11) is 1.81. The molecule has 1 aromatic rings. The molecule has 16 heavy (non-hydrogen) atoms. The highest BCUT2D eigenvalue weighted by molar-refractivity contribution is 9.10. The van der Waals surface area contributed by atoms with Gasteiger partial charge in [0, 0.05) is 16.4 Å². The highest BCUT2D eigenvalue weighted by Crippen LogP contribution is 2.26. The zero-order valence-electron chi connectivity index (χ0n) is 9.33. The maximum atomic E-state index is 8.99. The van der Waals surface area contributed by atoms with E-state index in [4.69, 9.17) is 5.26 Å². The van der Waals surface area contributed by atoms with Crippen molar-refractivity contribution >= 4 is 27.7 Å². The minimum Gasteiger partial charge on any atom is -0.303 e. The van der Waals surface area contributed by atoms with Crippen LogP contribution in [-0.2, 0) is 0 Å². The molecule has 0 amide bonds. The number of halogens is 1. The van der Waals surface area contributed by atoms with Gasteiger partial charge in [-0.2, -0.15) is 5.26 Å². The van der Waals surface area contributed by atoms with Gasteiger partial charge in [-0.25, -0.2) is 4.98 Å². The predicted molar refractivity (Wildman–Crippen MR) is 70.4 cm³/mol. The van der Waals surface area contributed by atoms with Crippen LogP contribution in [0.2, 0.25) is 0 Å². The first-order valence-electron chi connectivity index (χ1n) is 4.95. The van der Waals surface area contributed by atoms with Gasteiger partial charge >= 0.3 is 0 Å². The molecule has 86 valence electrons. The van der Waals surface area contributed by atoms with Gasteiger partial charge in [-0.05, 0) is 48.5 Å². The number of hydrogen-bond acceptors (Lipinski definition) is 4. The second-order valence-electron chi connectivity index (χ2n) is 3.58. The number of nitrogens with zero attached hydrogens (tertiary/aromatic N) is 2. The van der Waals surface area contributed by atoms with Gasteiger partial charge in [-0.1, -0.05) is 0 Å². The van der Waals surface area contributed by atoms with Crippen LogP contribution in [0, 0.1) is 11.3 Å². The van der Waals surface area contributed by atoms with E-state index < -0.39 is 5.54 Å². The van der Waals surface area contributed by atoms with E-state index in [1.54, 1.807) is 18.0 Å². The topological polar surface area (TPSA) is 48.7 Å². The third kappa shape index (κ3) is 3.78. The van der Waals surface area contributed by atoms with Gasteiger partial charge in [-0.3, -0.25) is 0 Å². The van der Waals surface area contributed by atoms with Crippen molar-refractivity contribution in [2.75, 3.05) is 12.8 Å². The molecule has 1 heterocycles. The van der Waals surface area contributed by atoms with Crippen molar-refractivity contribution < 1.29 is 0 Å². The fourth-order valence-corrected chi connectivity index (χ4v) is 2.71. The van der Waals surface area contributed by atoms with Crippen LogP contribution >= 0.6 is 27.7 Å². The first-order valence-corrected chi connectivity index (χ1v) is 6.72. The molecule has 1 aromatic heterocycles. The third-order valence-electron chi connectivity index (χ3n) is 2.36. The van der Waals surface area contributed by atoms with Crippen LogP contribution in [0.3, 0.4) is 0 Å². The largest absolute Gasteiger partial charge is 0.303 e. The molecular weight excluding hydrogens is 286 g/mol. The van der Waals surface area contributed by atoms with Crippen molar-refractivity contribution in [1.29, 1.82) is 5.26 Å². The Morgan fingerprint density at radius 1 is 1.69 bits per heavy atom. The van der Waals surface area contributed by atoms with Crippen molar-refractivity contribution in [2.24, 2.45) is 0 Å². The summed E-state index contributed by atoms with van der Waals surface area (Å²) in [5.41, 5.74) is -0.450. The zero-order chi connectivity index (χ0) is 12.0. The van der Waals surface area contributed by atoms with E-state index in [1.165, 1.54) is 0 Å². The van der Waals surface area contributed by atoms with Gasteiger partial charge in [0.1, 0.15) is 10.6 Å². The second kappa shape index (κ2) is 6.24. The molecule has 1 N–H and O–H groups in total. The molecule has 0 spiro atoms. The fraction of sp³-hybridized carbons (Fsp3) is 0.455. The van der Waals surface area contributed by atoms with Crippen LogP contribution in [0.5, 0.6) is 0 Å². The number of pyridine rings is 1. The number of rotatable bonds is 5. The van der Waals surface area contributed by atoms with E-state index in [2.05, 4.69) is 32.3 Å². The molecule has 0 fully saturated rings. The Morgan fingerprint density at radius 3 is 3.00 bits per heavy atom. The Labute approximate surface area is 109 Å². The Balaban J connectivity index is 2.48. The van der Waals surface area contributed by atoms with Gasteiger partial charge in [0.15, 0.2) is 0 Å². The predicted octanol–water partition coefficient (Wildman–Crippen LogP) is 2.83. The Hall–Kier alpha value is -0.570. The summed E-state index contributed by atoms with van der Waals surface area (Å²) < 4.78 is 1.00. The van der Waals surface area contributed by atoms with Gasteiger partial charge < -0.3 is 5.32 Å². The highest BCUT2D eigenvalue weighted by Gasteiger charge is 2.20. The van der Waals surface area contributed by atoms with E-state index in [0.29, 0.717) is 0 Å². The van der Waals surface area contributed by atoms with Crippen molar-refractivity contribution in [1.82, 2.24) is 10.3 Å². The molecule has 5 heteroatoms. The maximum absolute atomic E-state index is 8.99. The summed E-state index contributed by atoms with van der Waals surface area (Å²) in [5, 5.41) is 13.0. The first kappa shape index (κ1) is 13.5. The fourth-order valence-electron chi connectivity index (χ4n) is 1.07. The van der Waals surface area contributed by atoms with Crippen LogP contribution < -0.4 is 5.32 Å². The molecular formula is C11H14BrN3S. The minimum atomic E-state index is -0.450. The van der Waals surface area contributed by atoms with Gasteiger partial charge in [-0.15, -0.1) is 11.8 Å². The van der Waals surface area contributed by atoms with E-state index in [0.717, 1.165) is 21.7 Å². The molecule has 0 radical (unpaired) electrons. The van der Waals surface area contributed by atoms with Crippen molar-refractivity contribution in [3.8, 4) is 6.07 Å². The van der Waals surface area contributed by atoms with Gasteiger partial charge in [0.25, 0.3) is 0 Å². The molecule has 3 nitrogen and oxygen atoms in total. The third-order valence-corrected chi connectivity index (χ3v) is 4.27. The molecule has 1 rings (SSSR count). The number of nitrogens with one attached hydrogen (secondary N) is 1. The SMILES string of the molecule is CNC(C)(C#N)CCSc1ncccc1Br. The summed E-state index contributed by atoms with van der Waals surface area (Å²) >= 11 is 5.10. The van der Waals surface area contributed by atoms with Crippen LogP contribution in [0.4, 0.5) is 0 Å². The number of thioether (sulfide) groups is 1. The summed E-state index contributed by atoms with van der Waals surface area (Å²) in [6, 6.07) is 6.13. The minimum absolute atomic E-state index is 0.450. The average molecular weight is 300 g/mol. The standard InChI is InChI=1S/C11H14BrN3S/c1-11(8-13,14-2)5-7-16-10-9(12)4-3-6-15-10/h3-4,6,14H,5,7H2,1-2H3. The van der Waals surface area contributed by atoms with E-state index >= 15 is 0 Å². The Morgan fingerprint density at radius 2 is 2.44 bits per heavy atom. The van der Waals surface area contributed by atoms with Crippen LogP contribution in [0.15, 0.2) is 27.8 Å². The Bertz CT molecular complexity index is 391. The molecule has 1 atom stereocenters. The lowest BCUT2D eigenvalue weighted by molar-refractivity contribution is 0.479. The molecule has 0 saturated carbocycles. The normalized spacial score (nSPS) is 14.1. The molecule has 0 aromatic carbocycles. The first-order chi connectivity index (χ1) is 7.61. The van der Waals surface area contributed by atoms with Crippen molar-refractivity contribution in [2.45, 2.75) is 23.9 Å². The summed E-state index contributed by atoms with van der Waals surface area (Å²) in [4.78, 5) is 4.26. The number of hydrogen-bond donors (Lipinski definition) is 1. The number of aromatic nitrogens is 1.